The molecule has 0 unspecified atom stereocenters. The lowest BCUT2D eigenvalue weighted by Crippen LogP contribution is -2.31. The van der Waals surface area contributed by atoms with Crippen LogP contribution in [-0.2, 0) is 19.6 Å². The third kappa shape index (κ3) is 4.43. The molecule has 0 aliphatic carbocycles. The molecule has 22 heavy (non-hydrogen) atoms. The number of carboxylic acid groups (broad SMARTS) is 3. The highest BCUT2D eigenvalue weighted by Gasteiger charge is 2.27. The average Bonchev–Trinajstić information content (AvgIpc) is 2.42. The van der Waals surface area contributed by atoms with E-state index in [1.807, 2.05) is 0 Å². The molecule has 0 radical (unpaired) electrons. The Hall–Kier alpha value is -2.66. The Labute approximate surface area is 124 Å². The Morgan fingerprint density at radius 1 is 1.09 bits per heavy atom. The number of rotatable bonds is 8. The quantitative estimate of drug-likeness (QED) is 0.476. The maximum absolute atomic E-state index is 12.1. The Bertz CT molecular complexity index is 710. The van der Waals surface area contributed by atoms with E-state index in [1.165, 1.54) is 0 Å². The first-order valence-electron chi connectivity index (χ1n) is 5.57. The van der Waals surface area contributed by atoms with E-state index in [-0.39, 0.29) is 0 Å². The van der Waals surface area contributed by atoms with Crippen LogP contribution >= 0.6 is 0 Å². The summed E-state index contributed by atoms with van der Waals surface area (Å²) in [5.74, 6) is -5.00. The lowest BCUT2D eigenvalue weighted by molar-refractivity contribution is -0.139. The van der Waals surface area contributed by atoms with Gasteiger partial charge in [0, 0.05) is 0 Å². The second-order valence-corrected chi connectivity index (χ2v) is 5.54. The molecule has 0 aliphatic rings. The molecule has 1 rings (SSSR count). The largest absolute Gasteiger partial charge is 0.480 e. The summed E-state index contributed by atoms with van der Waals surface area (Å²) in [6.45, 7) is -1.88. The van der Waals surface area contributed by atoms with Gasteiger partial charge in [-0.05, 0) is 12.1 Å². The molecule has 0 amide bonds. The number of aromatic carboxylic acids is 1. The van der Waals surface area contributed by atoms with Crippen molar-refractivity contribution in [2.45, 2.75) is 4.90 Å². The predicted molar refractivity (Wildman–Crippen MR) is 69.4 cm³/mol. The molecular formula is C11H11NO9S. The molecule has 0 saturated carbocycles. The van der Waals surface area contributed by atoms with Crippen molar-refractivity contribution in [3.63, 3.8) is 0 Å². The molecule has 0 atom stereocenters. The molecule has 0 heterocycles. The fraction of sp³-hybridized carbons (Fsp3) is 0.182. The highest BCUT2D eigenvalue weighted by Crippen LogP contribution is 2.27. The third-order valence-corrected chi connectivity index (χ3v) is 3.73. The van der Waals surface area contributed by atoms with Gasteiger partial charge in [0.05, 0.1) is 5.56 Å². The van der Waals surface area contributed by atoms with E-state index in [0.717, 1.165) is 18.2 Å². The van der Waals surface area contributed by atoms with Gasteiger partial charge < -0.3 is 20.1 Å². The minimum Gasteiger partial charge on any atom is -0.480 e. The van der Waals surface area contributed by atoms with Crippen LogP contribution < -0.4 is 9.46 Å². The number of ether oxygens (including phenoxy) is 1. The summed E-state index contributed by atoms with van der Waals surface area (Å²) in [6, 6.07) is 3.19. The zero-order valence-electron chi connectivity index (χ0n) is 10.8. The first kappa shape index (κ1) is 17.4. The number of carbonyl (C=O) groups is 3. The Kier molecular flexibility index (Phi) is 5.43. The summed E-state index contributed by atoms with van der Waals surface area (Å²) in [5.41, 5.74) is -0.680. The van der Waals surface area contributed by atoms with Crippen molar-refractivity contribution in [3.8, 4) is 5.75 Å². The van der Waals surface area contributed by atoms with Gasteiger partial charge >= 0.3 is 17.9 Å². The van der Waals surface area contributed by atoms with Gasteiger partial charge in [-0.3, -0.25) is 4.79 Å². The van der Waals surface area contributed by atoms with Gasteiger partial charge in [-0.1, -0.05) is 6.07 Å². The second kappa shape index (κ2) is 6.87. The van der Waals surface area contributed by atoms with Crippen molar-refractivity contribution in [1.82, 2.24) is 4.72 Å². The molecule has 0 bridgehead atoms. The molecule has 0 aromatic heterocycles. The van der Waals surface area contributed by atoms with Crippen molar-refractivity contribution in [3.05, 3.63) is 23.8 Å². The maximum atomic E-state index is 12.1. The van der Waals surface area contributed by atoms with Gasteiger partial charge in [-0.25, -0.2) is 18.0 Å². The molecule has 0 saturated heterocycles. The van der Waals surface area contributed by atoms with Gasteiger partial charge in [-0.2, -0.15) is 4.72 Å². The van der Waals surface area contributed by atoms with E-state index in [9.17, 15) is 22.8 Å². The van der Waals surface area contributed by atoms with Crippen LogP contribution in [0.15, 0.2) is 23.1 Å². The van der Waals surface area contributed by atoms with Crippen LogP contribution in [0.2, 0.25) is 0 Å². The van der Waals surface area contributed by atoms with E-state index >= 15 is 0 Å². The predicted octanol–water partition coefficient (Wildman–Crippen LogP) is -0.789. The normalized spacial score (nSPS) is 10.9. The van der Waals surface area contributed by atoms with Gasteiger partial charge in [0.2, 0.25) is 10.0 Å². The lowest BCUT2D eigenvalue weighted by atomic mass is 10.2. The van der Waals surface area contributed by atoms with Crippen LogP contribution in [0.25, 0.3) is 0 Å². The summed E-state index contributed by atoms with van der Waals surface area (Å²) < 4.78 is 30.6. The van der Waals surface area contributed by atoms with Crippen LogP contribution in [0.5, 0.6) is 5.75 Å². The highest BCUT2D eigenvalue weighted by atomic mass is 32.2. The molecule has 0 aliphatic heterocycles. The monoisotopic (exact) mass is 333 g/mol. The van der Waals surface area contributed by atoms with Gasteiger partial charge in [0.25, 0.3) is 0 Å². The second-order valence-electron chi connectivity index (χ2n) is 3.84. The van der Waals surface area contributed by atoms with Gasteiger partial charge in [-0.15, -0.1) is 0 Å². The number of hydrogen-bond acceptors (Lipinski definition) is 6. The minimum atomic E-state index is -4.54. The number of carboxylic acids is 3. The summed E-state index contributed by atoms with van der Waals surface area (Å²) in [5, 5.41) is 26.1. The van der Waals surface area contributed by atoms with Crippen molar-refractivity contribution in [2.75, 3.05) is 13.2 Å². The number of aliphatic carboxylic acids is 2. The minimum absolute atomic E-state index is 0.514. The van der Waals surface area contributed by atoms with E-state index in [0.29, 0.717) is 0 Å². The number of hydrogen-bond donors (Lipinski definition) is 4. The van der Waals surface area contributed by atoms with E-state index in [4.69, 9.17) is 20.1 Å². The molecule has 4 N–H and O–H groups in total. The summed E-state index contributed by atoms with van der Waals surface area (Å²) in [4.78, 5) is 31.2. The summed E-state index contributed by atoms with van der Waals surface area (Å²) in [7, 11) is -4.54. The zero-order valence-corrected chi connectivity index (χ0v) is 11.7. The van der Waals surface area contributed by atoms with Crippen LogP contribution in [0.4, 0.5) is 0 Å². The van der Waals surface area contributed by atoms with E-state index in [2.05, 4.69) is 0 Å². The fourth-order valence-corrected chi connectivity index (χ4v) is 2.74. The zero-order chi connectivity index (χ0) is 16.9. The SMILES string of the molecule is O=C(O)CNS(=O)(=O)c1c(OCC(=O)O)cccc1C(=O)O. The molecule has 11 heteroatoms. The smallest absolute Gasteiger partial charge is 0.341 e. The van der Waals surface area contributed by atoms with Crippen LogP contribution in [-0.4, -0.2) is 54.8 Å². The highest BCUT2D eigenvalue weighted by molar-refractivity contribution is 7.89. The van der Waals surface area contributed by atoms with E-state index < -0.39 is 57.3 Å². The number of benzene rings is 1. The molecule has 1 aromatic carbocycles. The van der Waals surface area contributed by atoms with Gasteiger partial charge in [0.15, 0.2) is 6.61 Å². The van der Waals surface area contributed by atoms with Crippen molar-refractivity contribution < 1.29 is 42.9 Å². The summed E-state index contributed by atoms with van der Waals surface area (Å²) >= 11 is 0. The van der Waals surface area contributed by atoms with Crippen molar-refractivity contribution in [2.24, 2.45) is 0 Å². The first-order chi connectivity index (χ1) is 10.1. The lowest BCUT2D eigenvalue weighted by Gasteiger charge is -2.13. The molecule has 0 spiro atoms. The molecule has 120 valence electrons. The molecule has 1 aromatic rings. The number of nitrogens with one attached hydrogen (secondary N) is 1. The standard InChI is InChI=1S/C11H11NO9S/c13-8(14)4-12-22(19,20)10-6(11(17)18)2-1-3-7(10)21-5-9(15)16/h1-3,12H,4-5H2,(H,13,14)(H,15,16)(H,17,18). The maximum Gasteiger partial charge on any atom is 0.341 e. The van der Waals surface area contributed by atoms with Crippen molar-refractivity contribution in [1.29, 1.82) is 0 Å². The Balaban J connectivity index is 3.36. The van der Waals surface area contributed by atoms with Crippen LogP contribution in [0.3, 0.4) is 0 Å². The fourth-order valence-electron chi connectivity index (χ4n) is 1.44. The van der Waals surface area contributed by atoms with Gasteiger partial charge in [0.1, 0.15) is 17.2 Å². The molecule has 10 nitrogen and oxygen atoms in total. The molecular weight excluding hydrogens is 322 g/mol. The Morgan fingerprint density at radius 2 is 1.73 bits per heavy atom. The topological polar surface area (TPSA) is 167 Å². The first-order valence-corrected chi connectivity index (χ1v) is 7.06. The van der Waals surface area contributed by atoms with E-state index in [1.54, 1.807) is 4.72 Å². The van der Waals surface area contributed by atoms with Crippen LogP contribution in [0.1, 0.15) is 10.4 Å². The molecule has 0 fully saturated rings. The Morgan fingerprint density at radius 3 is 2.23 bits per heavy atom. The van der Waals surface area contributed by atoms with Crippen LogP contribution in [0, 0.1) is 0 Å². The third-order valence-electron chi connectivity index (χ3n) is 2.24. The summed E-state index contributed by atoms with van der Waals surface area (Å²) in [6.07, 6.45) is 0. The number of sulfonamides is 1. The average molecular weight is 333 g/mol. The van der Waals surface area contributed by atoms with Crippen molar-refractivity contribution >= 4 is 27.9 Å².